The summed E-state index contributed by atoms with van der Waals surface area (Å²) in [5, 5.41) is 3.33. The summed E-state index contributed by atoms with van der Waals surface area (Å²) in [7, 11) is 1.45. The van der Waals surface area contributed by atoms with Crippen molar-refractivity contribution in [2.45, 2.75) is 33.3 Å². The van der Waals surface area contributed by atoms with E-state index >= 15 is 0 Å². The lowest BCUT2D eigenvalue weighted by molar-refractivity contribution is -0.145. The monoisotopic (exact) mass is 503 g/mol. The molecule has 6 nitrogen and oxygen atoms in total. The standard InChI is InChI=1S/C21H33N3O3.HI/c1-5-22-21(24-14-16(2)19(15-24)20(25)26-4)23-12-9-13-27-17(3)18-10-7-6-8-11-18;/h6-8,10-11,16-17,19H,5,9,12-15H2,1-4H3,(H,22,23);1H. The summed E-state index contributed by atoms with van der Waals surface area (Å²) < 4.78 is 10.8. The molecular formula is C21H34IN3O3. The van der Waals surface area contributed by atoms with E-state index in [4.69, 9.17) is 14.5 Å². The maximum Gasteiger partial charge on any atom is 0.310 e. The molecule has 0 aliphatic carbocycles. The number of carbonyl (C=O) groups excluding carboxylic acids is 1. The number of ether oxygens (including phenoxy) is 2. The van der Waals surface area contributed by atoms with E-state index in [1.165, 1.54) is 12.7 Å². The smallest absolute Gasteiger partial charge is 0.310 e. The first-order valence-corrected chi connectivity index (χ1v) is 9.84. The number of halogens is 1. The number of rotatable bonds is 8. The molecule has 1 saturated heterocycles. The molecule has 1 aromatic carbocycles. The summed E-state index contributed by atoms with van der Waals surface area (Å²) in [5.74, 6) is 0.904. The number of hydrogen-bond donors (Lipinski definition) is 1. The van der Waals surface area contributed by atoms with Crippen LogP contribution in [0.25, 0.3) is 0 Å². The maximum absolute atomic E-state index is 11.9. The number of nitrogens with one attached hydrogen (secondary N) is 1. The van der Waals surface area contributed by atoms with Gasteiger partial charge < -0.3 is 19.7 Å². The van der Waals surface area contributed by atoms with Crippen LogP contribution in [0.5, 0.6) is 0 Å². The number of likely N-dealkylation sites (tertiary alicyclic amines) is 1. The minimum Gasteiger partial charge on any atom is -0.469 e. The molecule has 2 rings (SSSR count). The average Bonchev–Trinajstić information content (AvgIpc) is 3.08. The van der Waals surface area contributed by atoms with Gasteiger partial charge in [-0.05, 0) is 31.7 Å². The molecule has 1 heterocycles. The number of hydrogen-bond acceptors (Lipinski definition) is 4. The van der Waals surface area contributed by atoms with Gasteiger partial charge in [0.05, 0.1) is 19.1 Å². The molecular weight excluding hydrogens is 469 g/mol. The van der Waals surface area contributed by atoms with E-state index in [2.05, 4.69) is 43.1 Å². The molecule has 3 atom stereocenters. The predicted octanol–water partition coefficient (Wildman–Crippen LogP) is 3.48. The second-order valence-corrected chi connectivity index (χ2v) is 7.02. The summed E-state index contributed by atoms with van der Waals surface area (Å²) in [5.41, 5.74) is 1.19. The first-order valence-electron chi connectivity index (χ1n) is 9.84. The van der Waals surface area contributed by atoms with E-state index in [1.807, 2.05) is 18.2 Å². The largest absolute Gasteiger partial charge is 0.469 e. The molecule has 1 N–H and O–H groups in total. The fraction of sp³-hybridized carbons (Fsp3) is 0.619. The third-order valence-electron chi connectivity index (χ3n) is 4.95. The van der Waals surface area contributed by atoms with Crippen LogP contribution in [-0.4, -0.2) is 56.7 Å². The Morgan fingerprint density at radius 2 is 2.04 bits per heavy atom. The highest BCUT2D eigenvalue weighted by Crippen LogP contribution is 2.24. The van der Waals surface area contributed by atoms with Gasteiger partial charge in [0, 0.05) is 32.8 Å². The van der Waals surface area contributed by atoms with Crippen LogP contribution in [0.2, 0.25) is 0 Å². The van der Waals surface area contributed by atoms with Crippen LogP contribution in [0, 0.1) is 11.8 Å². The lowest BCUT2D eigenvalue weighted by atomic mass is 9.99. The summed E-state index contributed by atoms with van der Waals surface area (Å²) in [6.07, 6.45) is 0.944. The van der Waals surface area contributed by atoms with Crippen LogP contribution < -0.4 is 5.32 Å². The van der Waals surface area contributed by atoms with Gasteiger partial charge in [-0.2, -0.15) is 0 Å². The van der Waals surface area contributed by atoms with Crippen molar-refractivity contribution in [2.24, 2.45) is 16.8 Å². The number of carbonyl (C=O) groups is 1. The van der Waals surface area contributed by atoms with E-state index in [0.29, 0.717) is 19.7 Å². The van der Waals surface area contributed by atoms with Crippen LogP contribution in [0.4, 0.5) is 0 Å². The van der Waals surface area contributed by atoms with Gasteiger partial charge >= 0.3 is 5.97 Å². The van der Waals surface area contributed by atoms with Crippen molar-refractivity contribution in [3.8, 4) is 0 Å². The Bertz CT molecular complexity index is 612. The number of methoxy groups -OCH3 is 1. The first-order chi connectivity index (χ1) is 13.1. The number of esters is 1. The molecule has 3 unspecified atom stereocenters. The van der Waals surface area contributed by atoms with E-state index in [1.54, 1.807) is 0 Å². The zero-order chi connectivity index (χ0) is 19.6. The van der Waals surface area contributed by atoms with Crippen molar-refractivity contribution in [3.05, 3.63) is 35.9 Å². The molecule has 1 aliphatic rings. The number of benzene rings is 1. The first kappa shape index (κ1) is 24.7. The second kappa shape index (κ2) is 13.0. The fourth-order valence-electron chi connectivity index (χ4n) is 3.35. The average molecular weight is 503 g/mol. The zero-order valence-electron chi connectivity index (χ0n) is 17.4. The van der Waals surface area contributed by atoms with Crippen molar-refractivity contribution >= 4 is 35.9 Å². The number of guanidine groups is 1. The van der Waals surface area contributed by atoms with E-state index in [0.717, 1.165) is 25.5 Å². The quantitative estimate of drug-likeness (QED) is 0.194. The highest BCUT2D eigenvalue weighted by Gasteiger charge is 2.36. The lowest BCUT2D eigenvalue weighted by Crippen LogP contribution is -2.40. The van der Waals surface area contributed by atoms with Gasteiger partial charge in [0.25, 0.3) is 0 Å². The van der Waals surface area contributed by atoms with Crippen molar-refractivity contribution in [3.63, 3.8) is 0 Å². The van der Waals surface area contributed by atoms with Gasteiger partial charge in [0.2, 0.25) is 0 Å². The molecule has 28 heavy (non-hydrogen) atoms. The molecule has 1 aromatic rings. The molecule has 7 heteroatoms. The van der Waals surface area contributed by atoms with Gasteiger partial charge in [-0.25, -0.2) is 0 Å². The Balaban J connectivity index is 0.00000392. The van der Waals surface area contributed by atoms with Crippen molar-refractivity contribution in [1.29, 1.82) is 0 Å². The van der Waals surface area contributed by atoms with Gasteiger partial charge in [0.15, 0.2) is 5.96 Å². The van der Waals surface area contributed by atoms with Crippen molar-refractivity contribution in [1.82, 2.24) is 10.2 Å². The molecule has 0 aromatic heterocycles. The number of nitrogens with zero attached hydrogens (tertiary/aromatic N) is 2. The SMILES string of the molecule is CCNC(=NCCCOC(C)c1ccccc1)N1CC(C)C(C(=O)OC)C1.I. The molecule has 158 valence electrons. The normalized spacial score (nSPS) is 20.4. The molecule has 0 spiro atoms. The summed E-state index contributed by atoms with van der Waals surface area (Å²) in [6.45, 7) is 9.84. The third kappa shape index (κ3) is 7.24. The molecule has 0 radical (unpaired) electrons. The van der Waals surface area contributed by atoms with Crippen molar-refractivity contribution in [2.75, 3.05) is 39.9 Å². The molecule has 1 aliphatic heterocycles. The maximum atomic E-state index is 11.9. The molecule has 0 amide bonds. The van der Waals surface area contributed by atoms with Crippen LogP contribution in [0.1, 0.15) is 38.9 Å². The Kier molecular flexibility index (Phi) is 11.4. The van der Waals surface area contributed by atoms with Crippen LogP contribution in [0.3, 0.4) is 0 Å². The highest BCUT2D eigenvalue weighted by molar-refractivity contribution is 14.0. The Morgan fingerprint density at radius 1 is 1.32 bits per heavy atom. The van der Waals surface area contributed by atoms with Gasteiger partial charge in [-0.1, -0.05) is 37.3 Å². The Hall–Kier alpha value is -1.35. The van der Waals surface area contributed by atoms with E-state index in [9.17, 15) is 4.79 Å². The molecule has 0 bridgehead atoms. The van der Waals surface area contributed by atoms with E-state index < -0.39 is 0 Å². The summed E-state index contributed by atoms with van der Waals surface area (Å²) >= 11 is 0. The van der Waals surface area contributed by atoms with Crippen molar-refractivity contribution < 1.29 is 14.3 Å². The topological polar surface area (TPSA) is 63.2 Å². The number of aliphatic imine (C=N–C) groups is 1. The van der Waals surface area contributed by atoms with Gasteiger partial charge in [0.1, 0.15) is 0 Å². The zero-order valence-corrected chi connectivity index (χ0v) is 19.7. The second-order valence-electron chi connectivity index (χ2n) is 7.02. The summed E-state index contributed by atoms with van der Waals surface area (Å²) in [6, 6.07) is 10.2. The molecule has 0 saturated carbocycles. The van der Waals surface area contributed by atoms with Gasteiger partial charge in [-0.3, -0.25) is 9.79 Å². The van der Waals surface area contributed by atoms with Crippen LogP contribution in [0.15, 0.2) is 35.3 Å². The van der Waals surface area contributed by atoms with Crippen LogP contribution in [-0.2, 0) is 14.3 Å². The fourth-order valence-corrected chi connectivity index (χ4v) is 3.35. The Labute approximate surface area is 186 Å². The van der Waals surface area contributed by atoms with Crippen LogP contribution >= 0.6 is 24.0 Å². The highest BCUT2D eigenvalue weighted by atomic mass is 127. The summed E-state index contributed by atoms with van der Waals surface area (Å²) in [4.78, 5) is 18.8. The third-order valence-corrected chi connectivity index (χ3v) is 4.95. The van der Waals surface area contributed by atoms with Gasteiger partial charge in [-0.15, -0.1) is 24.0 Å². The lowest BCUT2D eigenvalue weighted by Gasteiger charge is -2.21. The molecule has 1 fully saturated rings. The minimum atomic E-state index is -0.135. The Morgan fingerprint density at radius 3 is 2.68 bits per heavy atom. The predicted molar refractivity (Wildman–Crippen MR) is 123 cm³/mol. The minimum absolute atomic E-state index is 0. The van der Waals surface area contributed by atoms with E-state index in [-0.39, 0.29) is 47.9 Å².